The second-order valence-electron chi connectivity index (χ2n) is 6.31. The van der Waals surface area contributed by atoms with Gasteiger partial charge in [-0.3, -0.25) is 9.80 Å². The summed E-state index contributed by atoms with van der Waals surface area (Å²) in [7, 11) is 0. The molecule has 2 aliphatic heterocycles. The van der Waals surface area contributed by atoms with E-state index in [0.29, 0.717) is 6.04 Å². The van der Waals surface area contributed by atoms with Crippen molar-refractivity contribution < 1.29 is 5.11 Å². The van der Waals surface area contributed by atoms with E-state index in [-0.39, 0.29) is 12.6 Å². The van der Waals surface area contributed by atoms with Crippen molar-refractivity contribution in [2.24, 2.45) is 0 Å². The van der Waals surface area contributed by atoms with Crippen molar-refractivity contribution in [1.82, 2.24) is 9.80 Å². The molecule has 2 aromatic rings. The highest BCUT2D eigenvalue weighted by Gasteiger charge is 2.35. The SMILES string of the molecule is OC[C@H]1CN2CCC[C@H]2CN1Cc1cccc2ccsc12. The lowest BCUT2D eigenvalue weighted by atomic mass is 10.1. The summed E-state index contributed by atoms with van der Waals surface area (Å²) in [6, 6.07) is 9.78. The normalized spacial score (nSPS) is 27.3. The molecular formula is C17H22N2OS. The molecule has 0 unspecified atom stereocenters. The van der Waals surface area contributed by atoms with Crippen LogP contribution in [0.3, 0.4) is 0 Å². The summed E-state index contributed by atoms with van der Waals surface area (Å²) in [6.07, 6.45) is 2.63. The summed E-state index contributed by atoms with van der Waals surface area (Å²) >= 11 is 1.83. The Balaban J connectivity index is 1.58. The van der Waals surface area contributed by atoms with Gasteiger partial charge in [-0.1, -0.05) is 18.2 Å². The van der Waals surface area contributed by atoms with Crippen LogP contribution in [0.1, 0.15) is 18.4 Å². The average Bonchev–Trinajstić information content (AvgIpc) is 3.15. The highest BCUT2D eigenvalue weighted by atomic mass is 32.1. The first kappa shape index (κ1) is 13.7. The molecule has 3 heterocycles. The molecule has 1 aromatic heterocycles. The van der Waals surface area contributed by atoms with Crippen molar-refractivity contribution in [2.45, 2.75) is 31.5 Å². The van der Waals surface area contributed by atoms with Crippen LogP contribution in [0.25, 0.3) is 10.1 Å². The molecule has 2 saturated heterocycles. The first-order chi connectivity index (χ1) is 10.3. The maximum absolute atomic E-state index is 9.77. The van der Waals surface area contributed by atoms with E-state index in [0.717, 1.165) is 19.6 Å². The van der Waals surface area contributed by atoms with E-state index in [9.17, 15) is 5.11 Å². The second kappa shape index (κ2) is 5.69. The standard InChI is InChI=1S/C17H22N2OS/c20-12-16-11-18-7-2-5-15(18)10-19(16)9-14-4-1-3-13-6-8-21-17(13)14/h1,3-4,6,8,15-16,20H,2,5,7,9-12H2/t15-,16+/m0/s1. The van der Waals surface area contributed by atoms with E-state index >= 15 is 0 Å². The molecule has 21 heavy (non-hydrogen) atoms. The number of benzene rings is 1. The molecule has 0 amide bonds. The first-order valence-corrected chi connectivity index (χ1v) is 8.77. The van der Waals surface area contributed by atoms with Crippen LogP contribution in [0.5, 0.6) is 0 Å². The van der Waals surface area contributed by atoms with Gasteiger partial charge in [0.15, 0.2) is 0 Å². The molecule has 1 aromatic carbocycles. The number of nitrogens with zero attached hydrogens (tertiary/aromatic N) is 2. The van der Waals surface area contributed by atoms with Gasteiger partial charge in [-0.2, -0.15) is 0 Å². The van der Waals surface area contributed by atoms with Gasteiger partial charge in [0.25, 0.3) is 0 Å². The van der Waals surface area contributed by atoms with Crippen molar-refractivity contribution in [3.63, 3.8) is 0 Å². The molecule has 0 saturated carbocycles. The Bertz CT molecular complexity index is 626. The van der Waals surface area contributed by atoms with Gasteiger partial charge >= 0.3 is 0 Å². The fraction of sp³-hybridized carbons (Fsp3) is 0.529. The molecule has 2 atom stereocenters. The van der Waals surface area contributed by atoms with Gasteiger partial charge in [-0.05, 0) is 41.8 Å². The van der Waals surface area contributed by atoms with E-state index < -0.39 is 0 Å². The predicted molar refractivity (Wildman–Crippen MR) is 87.7 cm³/mol. The smallest absolute Gasteiger partial charge is 0.0599 e. The fourth-order valence-corrected chi connectivity index (χ4v) is 4.82. The monoisotopic (exact) mass is 302 g/mol. The van der Waals surface area contributed by atoms with Crippen LogP contribution in [0, 0.1) is 0 Å². The van der Waals surface area contributed by atoms with Crippen LogP contribution in [0.15, 0.2) is 29.6 Å². The summed E-state index contributed by atoms with van der Waals surface area (Å²) in [5, 5.41) is 13.3. The molecule has 112 valence electrons. The molecule has 3 nitrogen and oxygen atoms in total. The van der Waals surface area contributed by atoms with Gasteiger partial charge in [0.2, 0.25) is 0 Å². The van der Waals surface area contributed by atoms with Crippen LogP contribution in [0.4, 0.5) is 0 Å². The summed E-state index contributed by atoms with van der Waals surface area (Å²) in [6.45, 7) is 4.58. The van der Waals surface area contributed by atoms with Gasteiger partial charge in [0.1, 0.15) is 0 Å². The van der Waals surface area contributed by atoms with E-state index in [4.69, 9.17) is 0 Å². The molecule has 1 N–H and O–H groups in total. The Hall–Kier alpha value is -0.940. The van der Waals surface area contributed by atoms with Crippen LogP contribution >= 0.6 is 11.3 Å². The lowest BCUT2D eigenvalue weighted by Crippen LogP contribution is -2.56. The number of hydrogen-bond acceptors (Lipinski definition) is 4. The topological polar surface area (TPSA) is 26.7 Å². The maximum atomic E-state index is 9.77. The Morgan fingerprint density at radius 2 is 2.19 bits per heavy atom. The largest absolute Gasteiger partial charge is 0.395 e. The molecule has 0 bridgehead atoms. The quantitative estimate of drug-likeness (QED) is 0.944. The first-order valence-electron chi connectivity index (χ1n) is 7.89. The third-order valence-electron chi connectivity index (χ3n) is 5.05. The molecule has 0 radical (unpaired) electrons. The fourth-order valence-electron chi connectivity index (χ4n) is 3.91. The molecule has 0 spiro atoms. The molecular weight excluding hydrogens is 280 g/mol. The maximum Gasteiger partial charge on any atom is 0.0599 e. The van der Waals surface area contributed by atoms with Crippen LogP contribution in [0.2, 0.25) is 0 Å². The summed E-state index contributed by atoms with van der Waals surface area (Å²) in [5.41, 5.74) is 1.41. The lowest BCUT2D eigenvalue weighted by Gasteiger charge is -2.43. The van der Waals surface area contributed by atoms with Gasteiger partial charge in [-0.25, -0.2) is 0 Å². The lowest BCUT2D eigenvalue weighted by molar-refractivity contribution is 0.0172. The molecule has 4 rings (SSSR count). The van der Waals surface area contributed by atoms with E-state index in [1.54, 1.807) is 0 Å². The van der Waals surface area contributed by atoms with Crippen molar-refractivity contribution in [3.8, 4) is 0 Å². The zero-order chi connectivity index (χ0) is 14.2. The van der Waals surface area contributed by atoms with Gasteiger partial charge in [-0.15, -0.1) is 11.3 Å². The Kier molecular flexibility index (Phi) is 3.71. The molecule has 0 aliphatic carbocycles. The van der Waals surface area contributed by atoms with Crippen molar-refractivity contribution >= 4 is 21.4 Å². The zero-order valence-corrected chi connectivity index (χ0v) is 13.1. The van der Waals surface area contributed by atoms with Crippen molar-refractivity contribution in [2.75, 3.05) is 26.2 Å². The van der Waals surface area contributed by atoms with E-state index in [1.807, 2.05) is 11.3 Å². The molecule has 4 heteroatoms. The van der Waals surface area contributed by atoms with E-state index in [1.165, 1.54) is 35.0 Å². The molecule has 2 aliphatic rings. The average molecular weight is 302 g/mol. The minimum atomic E-state index is 0.267. The predicted octanol–water partition coefficient (Wildman–Crippen LogP) is 2.54. The van der Waals surface area contributed by atoms with Gasteiger partial charge in [0, 0.05) is 36.4 Å². The third-order valence-corrected chi connectivity index (χ3v) is 6.06. The number of thiophene rings is 1. The third kappa shape index (κ3) is 2.50. The van der Waals surface area contributed by atoms with Crippen molar-refractivity contribution in [1.29, 1.82) is 0 Å². The van der Waals surface area contributed by atoms with Crippen LogP contribution in [-0.2, 0) is 6.54 Å². The number of piperazine rings is 1. The molecule has 2 fully saturated rings. The minimum Gasteiger partial charge on any atom is -0.395 e. The number of aliphatic hydroxyl groups excluding tert-OH is 1. The number of hydrogen-bond donors (Lipinski definition) is 1. The van der Waals surface area contributed by atoms with E-state index in [2.05, 4.69) is 39.4 Å². The Morgan fingerprint density at radius 1 is 1.24 bits per heavy atom. The number of rotatable bonds is 3. The van der Waals surface area contributed by atoms with Gasteiger partial charge < -0.3 is 5.11 Å². The number of aliphatic hydroxyl groups is 1. The van der Waals surface area contributed by atoms with Crippen LogP contribution in [-0.4, -0.2) is 53.2 Å². The highest BCUT2D eigenvalue weighted by Crippen LogP contribution is 2.29. The number of fused-ring (bicyclic) bond motifs is 2. The second-order valence-corrected chi connectivity index (χ2v) is 7.23. The summed E-state index contributed by atoms with van der Waals surface area (Å²) in [4.78, 5) is 5.07. The van der Waals surface area contributed by atoms with Crippen LogP contribution < -0.4 is 0 Å². The zero-order valence-electron chi connectivity index (χ0n) is 12.2. The Labute approximate surface area is 129 Å². The summed E-state index contributed by atoms with van der Waals surface area (Å²) < 4.78 is 1.41. The van der Waals surface area contributed by atoms with Crippen molar-refractivity contribution in [3.05, 3.63) is 35.2 Å². The Morgan fingerprint density at radius 3 is 3.10 bits per heavy atom. The highest BCUT2D eigenvalue weighted by molar-refractivity contribution is 7.17. The summed E-state index contributed by atoms with van der Waals surface area (Å²) in [5.74, 6) is 0. The van der Waals surface area contributed by atoms with Gasteiger partial charge in [0.05, 0.1) is 6.61 Å². The minimum absolute atomic E-state index is 0.267.